The number of nitrogens with two attached hydrogens (primary N) is 1. The highest BCUT2D eigenvalue weighted by Gasteiger charge is 2.24. The molecule has 7 nitrogen and oxygen atoms in total. The highest BCUT2D eigenvalue weighted by atomic mass is 35.5. The van der Waals surface area contributed by atoms with Crippen LogP contribution in [0.2, 0.25) is 5.22 Å². The van der Waals surface area contributed by atoms with Crippen LogP contribution in [0, 0.1) is 0 Å². The average Bonchev–Trinajstić information content (AvgIpc) is 2.62. The first kappa shape index (κ1) is 13.0. The van der Waals surface area contributed by atoms with Crippen molar-refractivity contribution in [1.82, 2.24) is 5.32 Å². The molecule has 0 saturated carbocycles. The van der Waals surface area contributed by atoms with Crippen molar-refractivity contribution in [3.05, 3.63) is 23.1 Å². The smallest absolute Gasteiger partial charge is 0.326 e. The molecule has 8 heteroatoms. The van der Waals surface area contributed by atoms with Gasteiger partial charge in [0.2, 0.25) is 11.1 Å². The summed E-state index contributed by atoms with van der Waals surface area (Å²) >= 11 is 5.54. The minimum atomic E-state index is -1.40. The lowest BCUT2D eigenvalue weighted by Crippen LogP contribution is -2.43. The van der Waals surface area contributed by atoms with Gasteiger partial charge in [-0.05, 0) is 17.7 Å². The van der Waals surface area contributed by atoms with Gasteiger partial charge in [0, 0.05) is 0 Å². The molecule has 1 heterocycles. The lowest BCUT2D eigenvalue weighted by Gasteiger charge is -2.11. The first-order valence-corrected chi connectivity index (χ1v) is 4.84. The fraction of sp³-hybridized carbons (Fsp3) is 0.222. The molecule has 0 fully saturated rings. The maximum atomic E-state index is 11.6. The highest BCUT2D eigenvalue weighted by Crippen LogP contribution is 2.16. The largest absolute Gasteiger partial charge is 0.480 e. The van der Waals surface area contributed by atoms with Gasteiger partial charge in [-0.15, -0.1) is 0 Å². The van der Waals surface area contributed by atoms with Crippen LogP contribution in [-0.4, -0.2) is 28.9 Å². The number of hydrogen-bond donors (Lipinski definition) is 3. The number of amides is 2. The molecule has 17 heavy (non-hydrogen) atoms. The van der Waals surface area contributed by atoms with E-state index < -0.39 is 30.2 Å². The molecule has 1 rings (SSSR count). The number of carboxylic acids is 1. The normalized spacial score (nSPS) is 11.8. The van der Waals surface area contributed by atoms with Crippen molar-refractivity contribution in [3.63, 3.8) is 0 Å². The van der Waals surface area contributed by atoms with Gasteiger partial charge in [0.15, 0.2) is 0 Å². The van der Waals surface area contributed by atoms with Crippen LogP contribution in [-0.2, 0) is 9.59 Å². The number of carbonyl (C=O) groups excluding carboxylic acids is 2. The van der Waals surface area contributed by atoms with E-state index in [0.29, 0.717) is 0 Å². The number of aliphatic carboxylic acids is 1. The third kappa shape index (κ3) is 3.49. The van der Waals surface area contributed by atoms with Gasteiger partial charge >= 0.3 is 5.97 Å². The van der Waals surface area contributed by atoms with Gasteiger partial charge in [0.05, 0.1) is 18.2 Å². The fourth-order valence-electron chi connectivity index (χ4n) is 1.09. The van der Waals surface area contributed by atoms with Gasteiger partial charge in [-0.1, -0.05) is 0 Å². The monoisotopic (exact) mass is 260 g/mol. The number of carboxylic acid groups (broad SMARTS) is 1. The zero-order chi connectivity index (χ0) is 13.0. The van der Waals surface area contributed by atoms with E-state index in [9.17, 15) is 14.4 Å². The minimum absolute atomic E-state index is 0.0117. The summed E-state index contributed by atoms with van der Waals surface area (Å²) in [4.78, 5) is 32.9. The molecule has 92 valence electrons. The third-order valence-electron chi connectivity index (χ3n) is 1.87. The summed E-state index contributed by atoms with van der Waals surface area (Å²) < 4.78 is 4.67. The molecule has 0 aromatic carbocycles. The van der Waals surface area contributed by atoms with Gasteiger partial charge in [-0.2, -0.15) is 0 Å². The van der Waals surface area contributed by atoms with Crippen LogP contribution in [0.5, 0.6) is 0 Å². The Kier molecular flexibility index (Phi) is 4.11. The molecule has 0 aliphatic heterocycles. The summed E-state index contributed by atoms with van der Waals surface area (Å²) in [6.45, 7) is 0. The second-order valence-corrected chi connectivity index (χ2v) is 3.49. The van der Waals surface area contributed by atoms with E-state index in [1.54, 1.807) is 0 Å². The third-order valence-corrected chi connectivity index (χ3v) is 2.16. The lowest BCUT2D eigenvalue weighted by atomic mass is 10.2. The van der Waals surface area contributed by atoms with E-state index >= 15 is 0 Å². The van der Waals surface area contributed by atoms with E-state index in [2.05, 4.69) is 9.73 Å². The maximum absolute atomic E-state index is 11.6. The number of primary amides is 1. The number of furan rings is 1. The molecule has 1 aromatic heterocycles. The molecule has 1 atom stereocenters. The summed E-state index contributed by atoms with van der Waals surface area (Å²) in [5.41, 5.74) is 4.85. The van der Waals surface area contributed by atoms with Crippen molar-refractivity contribution in [2.75, 3.05) is 0 Å². The van der Waals surface area contributed by atoms with E-state index in [1.807, 2.05) is 0 Å². The van der Waals surface area contributed by atoms with Crippen molar-refractivity contribution in [2.45, 2.75) is 12.5 Å². The van der Waals surface area contributed by atoms with Crippen LogP contribution >= 0.6 is 11.6 Å². The number of hydrogen-bond acceptors (Lipinski definition) is 4. The summed E-state index contributed by atoms with van der Waals surface area (Å²) in [6.07, 6.45) is 0.678. The van der Waals surface area contributed by atoms with Crippen LogP contribution in [0.4, 0.5) is 0 Å². The van der Waals surface area contributed by atoms with Crippen LogP contribution in [0.3, 0.4) is 0 Å². The van der Waals surface area contributed by atoms with Crippen LogP contribution in [0.25, 0.3) is 0 Å². The van der Waals surface area contributed by atoms with Crippen LogP contribution in [0.1, 0.15) is 16.8 Å². The van der Waals surface area contributed by atoms with E-state index in [-0.39, 0.29) is 10.8 Å². The SMILES string of the molecule is NC(=O)C[C@H](NC(=O)c1ccoc1Cl)C(=O)O. The molecule has 0 aliphatic rings. The van der Waals surface area contributed by atoms with Gasteiger partial charge in [-0.25, -0.2) is 4.79 Å². The van der Waals surface area contributed by atoms with Gasteiger partial charge in [-0.3, -0.25) is 9.59 Å². The van der Waals surface area contributed by atoms with Gasteiger partial charge in [0.1, 0.15) is 6.04 Å². The maximum Gasteiger partial charge on any atom is 0.326 e. The summed E-state index contributed by atoms with van der Waals surface area (Å²) in [5.74, 6) is -2.95. The predicted molar refractivity (Wildman–Crippen MR) is 56.4 cm³/mol. The average molecular weight is 261 g/mol. The number of nitrogens with one attached hydrogen (secondary N) is 1. The molecular weight excluding hydrogens is 252 g/mol. The van der Waals surface area contributed by atoms with E-state index in [1.165, 1.54) is 12.3 Å². The molecule has 1 aromatic rings. The molecule has 0 saturated heterocycles. The Hall–Kier alpha value is -2.02. The lowest BCUT2D eigenvalue weighted by molar-refractivity contribution is -0.140. The van der Waals surface area contributed by atoms with Crippen molar-refractivity contribution < 1.29 is 23.9 Å². The predicted octanol–water partition coefficient (Wildman–Crippen LogP) is -0.00860. The van der Waals surface area contributed by atoms with Crippen molar-refractivity contribution in [3.8, 4) is 0 Å². The number of halogens is 1. The van der Waals surface area contributed by atoms with E-state index in [0.717, 1.165) is 0 Å². The Balaban J connectivity index is 2.74. The van der Waals surface area contributed by atoms with Crippen LogP contribution in [0.15, 0.2) is 16.7 Å². The Bertz CT molecular complexity index is 456. The standard InChI is InChI=1S/C9H9ClN2O5/c10-7-4(1-2-17-7)8(14)12-5(9(15)16)3-6(11)13/h1-2,5H,3H2,(H2,11,13)(H,12,14)(H,15,16)/t5-/m0/s1. The second-order valence-electron chi connectivity index (χ2n) is 3.14. The molecular formula is C9H9ClN2O5. The molecule has 4 N–H and O–H groups in total. The number of rotatable bonds is 5. The zero-order valence-corrected chi connectivity index (χ0v) is 9.23. The minimum Gasteiger partial charge on any atom is -0.480 e. The molecule has 2 amide bonds. The topological polar surface area (TPSA) is 123 Å². The number of carbonyl (C=O) groups is 3. The highest BCUT2D eigenvalue weighted by molar-refractivity contribution is 6.32. The van der Waals surface area contributed by atoms with E-state index in [4.69, 9.17) is 22.4 Å². The Morgan fingerprint density at radius 1 is 1.53 bits per heavy atom. The summed E-state index contributed by atoms with van der Waals surface area (Å²) in [5, 5.41) is 10.7. The quantitative estimate of drug-likeness (QED) is 0.687. The summed E-state index contributed by atoms with van der Waals surface area (Å²) in [7, 11) is 0. The second kappa shape index (κ2) is 5.35. The molecule has 0 radical (unpaired) electrons. The van der Waals surface area contributed by atoms with Crippen LogP contribution < -0.4 is 11.1 Å². The molecule has 0 bridgehead atoms. The molecule has 0 spiro atoms. The van der Waals surface area contributed by atoms with Crippen molar-refractivity contribution >= 4 is 29.4 Å². The Labute approximate surface area is 101 Å². The first-order chi connectivity index (χ1) is 7.91. The molecule has 0 unspecified atom stereocenters. The van der Waals surface area contributed by atoms with Gasteiger partial charge < -0.3 is 20.6 Å². The van der Waals surface area contributed by atoms with Crippen molar-refractivity contribution in [2.24, 2.45) is 5.73 Å². The summed E-state index contributed by atoms with van der Waals surface area (Å²) in [6, 6.07) is -0.119. The Morgan fingerprint density at radius 2 is 2.18 bits per heavy atom. The first-order valence-electron chi connectivity index (χ1n) is 4.46. The zero-order valence-electron chi connectivity index (χ0n) is 8.47. The Morgan fingerprint density at radius 3 is 2.59 bits per heavy atom. The van der Waals surface area contributed by atoms with Gasteiger partial charge in [0.25, 0.3) is 5.91 Å². The molecule has 0 aliphatic carbocycles. The van der Waals surface area contributed by atoms with Crippen molar-refractivity contribution in [1.29, 1.82) is 0 Å². The fourth-order valence-corrected chi connectivity index (χ4v) is 1.29.